The summed E-state index contributed by atoms with van der Waals surface area (Å²) in [6.45, 7) is 12.2. The van der Waals surface area contributed by atoms with Gasteiger partial charge in [0, 0.05) is 5.56 Å². The van der Waals surface area contributed by atoms with Crippen molar-refractivity contribution in [1.29, 1.82) is 0 Å². The van der Waals surface area contributed by atoms with Crippen molar-refractivity contribution in [2.45, 2.75) is 52.2 Å². The van der Waals surface area contributed by atoms with Gasteiger partial charge in [0.15, 0.2) is 5.78 Å². The van der Waals surface area contributed by atoms with Gasteiger partial charge >= 0.3 is 0 Å². The van der Waals surface area contributed by atoms with Crippen molar-refractivity contribution in [3.8, 4) is 11.5 Å². The average Bonchev–Trinajstić information content (AvgIpc) is 2.54. The number of halogens is 1. The average molecular weight is 433 g/mol. The van der Waals surface area contributed by atoms with E-state index in [2.05, 4.69) is 50.5 Å². The van der Waals surface area contributed by atoms with Crippen molar-refractivity contribution in [1.82, 2.24) is 0 Å². The van der Waals surface area contributed by atoms with Gasteiger partial charge in [0.25, 0.3) is 0 Å². The lowest BCUT2D eigenvalue weighted by Crippen LogP contribution is -2.27. The quantitative estimate of drug-likeness (QED) is 0.384. The third-order valence-electron chi connectivity index (χ3n) is 3.71. The third-order valence-corrected chi connectivity index (χ3v) is 5.55. The fraction of sp³-hybridized carbons (Fsp3) is 0.381. The van der Waals surface area contributed by atoms with Crippen LogP contribution in [0.5, 0.6) is 11.5 Å². The second-order valence-electron chi connectivity index (χ2n) is 7.80. The Balaban J connectivity index is 2.20. The van der Waals surface area contributed by atoms with Crippen LogP contribution in [0.2, 0.25) is 5.04 Å². The molecule has 0 fully saturated rings. The smallest absolute Gasteiger partial charge is 0.236 e. The van der Waals surface area contributed by atoms with Gasteiger partial charge in [-0.05, 0) is 77.6 Å². The molecule has 2 aromatic carbocycles. The van der Waals surface area contributed by atoms with Crippen molar-refractivity contribution in [3.63, 3.8) is 0 Å². The molecule has 0 spiro atoms. The predicted octanol–water partition coefficient (Wildman–Crippen LogP) is 6.53. The number of benzene rings is 2. The molecule has 0 saturated carbocycles. The zero-order chi connectivity index (χ0) is 19.5. The summed E-state index contributed by atoms with van der Waals surface area (Å²) in [6, 6.07) is 13.3. The molecule has 0 unspecified atom stereocenters. The molecule has 0 aromatic heterocycles. The number of carbonyl (C=O) groups is 1. The molecule has 0 aliphatic heterocycles. The molecular weight excluding hydrogens is 408 g/mol. The molecule has 26 heavy (non-hydrogen) atoms. The molecule has 0 saturated heterocycles. The maximum atomic E-state index is 11.5. The number of Topliss-reactive ketones (excluding diaryl/α,β-unsaturated/α-hetero) is 1. The summed E-state index contributed by atoms with van der Waals surface area (Å²) in [6.07, 6.45) is 0. The first-order valence-electron chi connectivity index (χ1n) is 8.52. The zero-order valence-electron chi connectivity index (χ0n) is 16.1. The summed E-state index contributed by atoms with van der Waals surface area (Å²) >= 11 is 3.48. The van der Waals surface area contributed by atoms with Crippen LogP contribution < -0.4 is 4.74 Å². The Kier molecular flexibility index (Phi) is 6.48. The van der Waals surface area contributed by atoms with E-state index >= 15 is 0 Å². The Labute approximate surface area is 167 Å². The standard InChI is InChI=1S/C21H25BrO3Si/c1-14(23)15-10-11-19(18(22)12-15)24-17-9-7-8-16(13-17)21(5,6)25-26-20(2,3)4/h7-13H,1-6H3. The van der Waals surface area contributed by atoms with Crippen molar-refractivity contribution < 1.29 is 14.0 Å². The van der Waals surface area contributed by atoms with E-state index in [-0.39, 0.29) is 10.8 Å². The highest BCUT2D eigenvalue weighted by Gasteiger charge is 2.25. The van der Waals surface area contributed by atoms with Crippen LogP contribution in [-0.2, 0) is 10.0 Å². The summed E-state index contributed by atoms with van der Waals surface area (Å²) in [7, 11) is 0.402. The van der Waals surface area contributed by atoms with Gasteiger partial charge in [0.1, 0.15) is 11.5 Å². The fourth-order valence-electron chi connectivity index (χ4n) is 2.20. The molecule has 2 aromatic rings. The number of hydrogen-bond acceptors (Lipinski definition) is 3. The van der Waals surface area contributed by atoms with E-state index in [9.17, 15) is 4.79 Å². The lowest BCUT2D eigenvalue weighted by Gasteiger charge is -2.30. The first-order valence-corrected chi connectivity index (χ1v) is 10.2. The Hall–Kier alpha value is -1.43. The topological polar surface area (TPSA) is 35.5 Å². The van der Waals surface area contributed by atoms with Gasteiger partial charge in [-0.1, -0.05) is 32.9 Å². The van der Waals surface area contributed by atoms with Crippen LogP contribution in [0.4, 0.5) is 0 Å². The maximum absolute atomic E-state index is 11.5. The Morgan fingerprint density at radius 1 is 1.04 bits per heavy atom. The van der Waals surface area contributed by atoms with Crippen LogP contribution in [-0.4, -0.2) is 15.5 Å². The molecular formula is C21H25BrO3Si. The molecule has 0 aliphatic rings. The molecule has 0 aliphatic carbocycles. The van der Waals surface area contributed by atoms with Crippen LogP contribution in [0.3, 0.4) is 0 Å². The van der Waals surface area contributed by atoms with E-state index in [1.165, 1.54) is 0 Å². The van der Waals surface area contributed by atoms with Crippen LogP contribution in [0, 0.1) is 0 Å². The van der Waals surface area contributed by atoms with Crippen LogP contribution >= 0.6 is 15.9 Å². The van der Waals surface area contributed by atoms with Crippen LogP contribution in [0.15, 0.2) is 46.9 Å². The number of carbonyl (C=O) groups excluding carboxylic acids is 1. The predicted molar refractivity (Wildman–Crippen MR) is 110 cm³/mol. The molecule has 0 bridgehead atoms. The fourth-order valence-corrected chi connectivity index (χ4v) is 3.34. The van der Waals surface area contributed by atoms with Crippen molar-refractivity contribution in [2.75, 3.05) is 0 Å². The molecule has 0 atom stereocenters. The summed E-state index contributed by atoms with van der Waals surface area (Å²) in [5, 5.41) is 0.134. The van der Waals surface area contributed by atoms with Crippen LogP contribution in [0.1, 0.15) is 57.5 Å². The van der Waals surface area contributed by atoms with E-state index in [0.717, 1.165) is 15.8 Å². The molecule has 0 N–H and O–H groups in total. The minimum absolute atomic E-state index is 0.0258. The minimum atomic E-state index is -0.402. The number of hydrogen-bond donors (Lipinski definition) is 0. The third kappa shape index (κ3) is 5.79. The molecule has 2 rings (SSSR count). The Morgan fingerprint density at radius 2 is 1.73 bits per heavy atom. The maximum Gasteiger partial charge on any atom is 0.236 e. The molecule has 0 heterocycles. The minimum Gasteiger partial charge on any atom is -0.456 e. The van der Waals surface area contributed by atoms with Gasteiger partial charge in [0.2, 0.25) is 9.76 Å². The highest BCUT2D eigenvalue weighted by molar-refractivity contribution is 9.10. The van der Waals surface area contributed by atoms with Gasteiger partial charge in [0.05, 0.1) is 10.1 Å². The van der Waals surface area contributed by atoms with Crippen LogP contribution in [0.25, 0.3) is 0 Å². The molecule has 5 heteroatoms. The molecule has 3 nitrogen and oxygen atoms in total. The monoisotopic (exact) mass is 432 g/mol. The van der Waals surface area contributed by atoms with E-state index in [4.69, 9.17) is 9.16 Å². The summed E-state index contributed by atoms with van der Waals surface area (Å²) in [4.78, 5) is 11.5. The summed E-state index contributed by atoms with van der Waals surface area (Å²) in [5.41, 5.74) is 1.31. The number of rotatable bonds is 6. The Bertz CT molecular complexity index is 794. The second kappa shape index (κ2) is 8.07. The lowest BCUT2D eigenvalue weighted by molar-refractivity contribution is 0.101. The van der Waals surface area contributed by atoms with E-state index in [0.29, 0.717) is 21.1 Å². The summed E-state index contributed by atoms with van der Waals surface area (Å²) in [5.74, 6) is 1.43. The lowest BCUT2D eigenvalue weighted by atomic mass is 9.98. The number of ether oxygens (including phenoxy) is 1. The van der Waals surface area contributed by atoms with E-state index < -0.39 is 5.60 Å². The van der Waals surface area contributed by atoms with Gasteiger partial charge in [-0.2, -0.15) is 0 Å². The van der Waals surface area contributed by atoms with E-state index in [1.54, 1.807) is 25.1 Å². The largest absolute Gasteiger partial charge is 0.456 e. The molecule has 138 valence electrons. The Morgan fingerprint density at radius 3 is 2.31 bits per heavy atom. The van der Waals surface area contributed by atoms with Gasteiger partial charge in [-0.3, -0.25) is 4.79 Å². The SMILES string of the molecule is CC(=O)c1ccc(Oc2cccc(C(C)(C)O[Si]C(C)(C)C)c2)c(Br)c1. The first-order chi connectivity index (χ1) is 12.0. The highest BCUT2D eigenvalue weighted by Crippen LogP contribution is 2.34. The normalized spacial score (nSPS) is 12.1. The van der Waals surface area contributed by atoms with Crippen molar-refractivity contribution in [2.24, 2.45) is 0 Å². The van der Waals surface area contributed by atoms with E-state index in [1.807, 2.05) is 24.3 Å². The van der Waals surface area contributed by atoms with Gasteiger partial charge in [-0.25, -0.2) is 0 Å². The molecule has 2 radical (unpaired) electrons. The molecule has 0 amide bonds. The first kappa shape index (κ1) is 20.9. The van der Waals surface area contributed by atoms with Gasteiger partial charge in [-0.15, -0.1) is 0 Å². The summed E-state index contributed by atoms with van der Waals surface area (Å²) < 4.78 is 12.9. The van der Waals surface area contributed by atoms with Crippen molar-refractivity contribution in [3.05, 3.63) is 58.1 Å². The zero-order valence-corrected chi connectivity index (χ0v) is 18.7. The van der Waals surface area contributed by atoms with Gasteiger partial charge < -0.3 is 9.16 Å². The highest BCUT2D eigenvalue weighted by atomic mass is 79.9. The van der Waals surface area contributed by atoms with Crippen molar-refractivity contribution >= 4 is 31.5 Å². The number of ketones is 1. The second-order valence-corrected chi connectivity index (χ2v) is 10.6.